The third kappa shape index (κ3) is 7.62. The maximum Gasteiger partial charge on any atom is 0.191 e. The molecule has 1 aromatic carbocycles. The number of hydrogen-bond donors (Lipinski definition) is 2. The molecule has 0 spiro atoms. The molecule has 2 N–H and O–H groups in total. The summed E-state index contributed by atoms with van der Waals surface area (Å²) in [6.45, 7) is 10.3. The number of guanidine groups is 1. The average molecular weight is 401 g/mol. The average Bonchev–Trinajstić information content (AvgIpc) is 2.56. The van der Waals surface area contributed by atoms with E-state index in [0.29, 0.717) is 24.1 Å². The Kier molecular flexibility index (Phi) is 9.95. The molecule has 1 rings (SSSR count). The Morgan fingerprint density at radius 2 is 2.04 bits per heavy atom. The third-order valence-electron chi connectivity index (χ3n) is 4.07. The molecule has 24 heavy (non-hydrogen) atoms. The Labute approximate surface area is 154 Å². The molecule has 1 unspecified atom stereocenters. The Bertz CT molecular complexity index is 518. The molecule has 0 aliphatic heterocycles. The summed E-state index contributed by atoms with van der Waals surface area (Å²) >= 11 is 3.27. The molecule has 0 bridgehead atoms. The van der Waals surface area contributed by atoms with Crippen molar-refractivity contribution >= 4 is 21.9 Å². The molecule has 0 amide bonds. The topological polar surface area (TPSA) is 39.7 Å². The van der Waals surface area contributed by atoms with Gasteiger partial charge in [0.15, 0.2) is 5.96 Å². The molecule has 1 aromatic rings. The molecule has 0 saturated heterocycles. The van der Waals surface area contributed by atoms with Crippen molar-refractivity contribution in [3.05, 3.63) is 34.1 Å². The summed E-state index contributed by atoms with van der Waals surface area (Å²) in [6.07, 6.45) is 2.22. The monoisotopic (exact) mass is 400 g/mol. The van der Waals surface area contributed by atoms with Crippen LogP contribution in [0.2, 0.25) is 0 Å². The maximum atomic E-state index is 13.8. The minimum atomic E-state index is -0.223. The van der Waals surface area contributed by atoms with Crippen molar-refractivity contribution in [3.8, 4) is 0 Å². The number of rotatable bonds is 9. The number of aliphatic imine (C=N–C) groups is 1. The van der Waals surface area contributed by atoms with Crippen molar-refractivity contribution < 1.29 is 4.39 Å². The fourth-order valence-electron chi connectivity index (χ4n) is 2.51. The van der Waals surface area contributed by atoms with Crippen molar-refractivity contribution in [3.63, 3.8) is 0 Å². The van der Waals surface area contributed by atoms with Crippen LogP contribution in [0.25, 0.3) is 0 Å². The summed E-state index contributed by atoms with van der Waals surface area (Å²) in [5, 5.41) is 6.54. The summed E-state index contributed by atoms with van der Waals surface area (Å²) in [4.78, 5) is 6.64. The predicted molar refractivity (Wildman–Crippen MR) is 104 cm³/mol. The van der Waals surface area contributed by atoms with Crippen LogP contribution in [0.4, 0.5) is 4.39 Å². The van der Waals surface area contributed by atoms with E-state index >= 15 is 0 Å². The van der Waals surface area contributed by atoms with Gasteiger partial charge in [0.05, 0.1) is 0 Å². The van der Waals surface area contributed by atoms with Gasteiger partial charge in [-0.2, -0.15) is 0 Å². The lowest BCUT2D eigenvalue weighted by molar-refractivity contribution is 0.292. The highest BCUT2D eigenvalue weighted by atomic mass is 79.9. The lowest BCUT2D eigenvalue weighted by Gasteiger charge is -2.21. The Hall–Kier alpha value is -1.14. The number of hydrogen-bond acceptors (Lipinski definition) is 2. The molecule has 1 atom stereocenters. The van der Waals surface area contributed by atoms with Crippen LogP contribution in [0.15, 0.2) is 27.7 Å². The van der Waals surface area contributed by atoms with Crippen LogP contribution in [0.3, 0.4) is 0 Å². The van der Waals surface area contributed by atoms with Crippen molar-refractivity contribution in [2.24, 2.45) is 4.99 Å². The highest BCUT2D eigenvalue weighted by molar-refractivity contribution is 9.10. The van der Waals surface area contributed by atoms with Crippen LogP contribution >= 0.6 is 15.9 Å². The van der Waals surface area contributed by atoms with E-state index in [-0.39, 0.29) is 5.82 Å². The normalized spacial score (nSPS) is 13.2. The molecule has 0 saturated carbocycles. The van der Waals surface area contributed by atoms with Gasteiger partial charge in [-0.1, -0.05) is 35.8 Å². The molecular formula is C18H30BrFN4. The Morgan fingerprint density at radius 1 is 1.33 bits per heavy atom. The molecule has 0 radical (unpaired) electrons. The summed E-state index contributed by atoms with van der Waals surface area (Å²) in [5.74, 6) is 0.479. The molecule has 0 fully saturated rings. The van der Waals surface area contributed by atoms with Crippen molar-refractivity contribution in [2.45, 2.75) is 46.2 Å². The van der Waals surface area contributed by atoms with Gasteiger partial charge >= 0.3 is 0 Å². The lowest BCUT2D eigenvalue weighted by atomic mass is 10.2. The number of nitrogens with one attached hydrogen (secondary N) is 2. The third-order valence-corrected chi connectivity index (χ3v) is 4.57. The van der Waals surface area contributed by atoms with Gasteiger partial charge in [-0.05, 0) is 51.5 Å². The summed E-state index contributed by atoms with van der Waals surface area (Å²) in [6, 6.07) is 5.41. The quantitative estimate of drug-likeness (QED) is 0.489. The van der Waals surface area contributed by atoms with Gasteiger partial charge in [0.25, 0.3) is 0 Å². The van der Waals surface area contributed by atoms with E-state index < -0.39 is 0 Å². The summed E-state index contributed by atoms with van der Waals surface area (Å²) < 4.78 is 14.6. The first-order valence-corrected chi connectivity index (χ1v) is 9.42. The molecule has 6 heteroatoms. The van der Waals surface area contributed by atoms with Crippen molar-refractivity contribution in [2.75, 3.05) is 26.7 Å². The van der Waals surface area contributed by atoms with Crippen molar-refractivity contribution in [1.29, 1.82) is 0 Å². The number of nitrogens with zero attached hydrogens (tertiary/aromatic N) is 2. The van der Waals surface area contributed by atoms with E-state index in [9.17, 15) is 4.39 Å². The number of halogens is 2. The SMILES string of the molecule is CCN(CC)CCCC(C)NC(=NC)NCc1ccc(Br)cc1F. The highest BCUT2D eigenvalue weighted by Crippen LogP contribution is 2.15. The molecule has 0 aliphatic rings. The van der Waals surface area contributed by atoms with Gasteiger partial charge < -0.3 is 15.5 Å². The van der Waals surface area contributed by atoms with Gasteiger partial charge in [0.1, 0.15) is 5.82 Å². The second kappa shape index (κ2) is 11.4. The zero-order chi connectivity index (χ0) is 17.9. The lowest BCUT2D eigenvalue weighted by Crippen LogP contribution is -2.42. The zero-order valence-corrected chi connectivity index (χ0v) is 16.8. The van der Waals surface area contributed by atoms with E-state index in [0.717, 1.165) is 36.9 Å². The van der Waals surface area contributed by atoms with E-state index in [1.807, 2.05) is 6.07 Å². The maximum absolute atomic E-state index is 13.8. The first-order chi connectivity index (χ1) is 11.5. The standard InChI is InChI=1S/C18H30BrFN4/c1-5-24(6-2)11-7-8-14(3)23-18(21-4)22-13-15-9-10-16(19)12-17(15)20/h9-10,12,14H,5-8,11,13H2,1-4H3,(H2,21,22,23). The molecule has 136 valence electrons. The van der Waals surface area contributed by atoms with Gasteiger partial charge in [0, 0.05) is 29.7 Å². The summed E-state index contributed by atoms with van der Waals surface area (Å²) in [5.41, 5.74) is 0.621. The van der Waals surface area contributed by atoms with Crippen LogP contribution in [0.5, 0.6) is 0 Å². The smallest absolute Gasteiger partial charge is 0.191 e. The van der Waals surface area contributed by atoms with Gasteiger partial charge in [-0.25, -0.2) is 4.39 Å². The number of benzene rings is 1. The minimum absolute atomic E-state index is 0.223. The Balaban J connectivity index is 2.38. The molecule has 0 aromatic heterocycles. The van der Waals surface area contributed by atoms with Crippen LogP contribution in [0, 0.1) is 5.82 Å². The Morgan fingerprint density at radius 3 is 2.62 bits per heavy atom. The fraction of sp³-hybridized carbons (Fsp3) is 0.611. The second-order valence-corrected chi connectivity index (χ2v) is 6.79. The molecule has 0 heterocycles. The second-order valence-electron chi connectivity index (χ2n) is 5.88. The summed E-state index contributed by atoms with van der Waals surface area (Å²) in [7, 11) is 1.73. The van der Waals surface area contributed by atoms with Gasteiger partial charge in [0.2, 0.25) is 0 Å². The van der Waals surface area contributed by atoms with E-state index in [4.69, 9.17) is 0 Å². The first kappa shape index (κ1) is 20.9. The minimum Gasteiger partial charge on any atom is -0.354 e. The van der Waals surface area contributed by atoms with Gasteiger partial charge in [-0.15, -0.1) is 0 Å². The first-order valence-electron chi connectivity index (χ1n) is 8.63. The van der Waals surface area contributed by atoms with Crippen LogP contribution in [0.1, 0.15) is 39.2 Å². The van der Waals surface area contributed by atoms with E-state index in [1.54, 1.807) is 13.1 Å². The van der Waals surface area contributed by atoms with Gasteiger partial charge in [-0.3, -0.25) is 4.99 Å². The van der Waals surface area contributed by atoms with E-state index in [1.165, 1.54) is 6.07 Å². The van der Waals surface area contributed by atoms with Crippen LogP contribution in [-0.4, -0.2) is 43.6 Å². The van der Waals surface area contributed by atoms with Crippen LogP contribution in [-0.2, 0) is 6.54 Å². The largest absolute Gasteiger partial charge is 0.354 e. The van der Waals surface area contributed by atoms with Crippen LogP contribution < -0.4 is 10.6 Å². The fourth-order valence-corrected chi connectivity index (χ4v) is 2.84. The molecule has 4 nitrogen and oxygen atoms in total. The van der Waals surface area contributed by atoms with Crippen molar-refractivity contribution in [1.82, 2.24) is 15.5 Å². The van der Waals surface area contributed by atoms with E-state index in [2.05, 4.69) is 57.2 Å². The zero-order valence-electron chi connectivity index (χ0n) is 15.2. The molecule has 0 aliphatic carbocycles. The highest BCUT2D eigenvalue weighted by Gasteiger charge is 2.08. The molecular weight excluding hydrogens is 371 g/mol. The predicted octanol–water partition coefficient (Wildman–Crippen LogP) is 3.76.